The standard InChI is InChI=1S/C25H27N9O4/c1-3-37-22(35)9-11-34(21-6-4-5-10-28-21)25(36)38-18-8-7-16-23(15(18)2)33-20(32-16)14-31-19-13-29-17(12-30-19)24(26)27/h4-8,10,12-13H,3,9,11,14H2,1-2H3,(H3,26,27)(H,30,31)(H,32,33). The Morgan fingerprint density at radius 2 is 2.00 bits per heavy atom. The van der Waals surface area contributed by atoms with E-state index in [1.165, 1.54) is 17.3 Å². The van der Waals surface area contributed by atoms with Crippen molar-refractivity contribution in [1.29, 1.82) is 5.41 Å². The van der Waals surface area contributed by atoms with E-state index in [4.69, 9.17) is 20.6 Å². The van der Waals surface area contributed by atoms with E-state index in [1.807, 2.05) is 0 Å². The van der Waals surface area contributed by atoms with E-state index in [0.29, 0.717) is 46.5 Å². The van der Waals surface area contributed by atoms with Gasteiger partial charge in [-0.3, -0.25) is 15.1 Å². The topological polar surface area (TPSA) is 185 Å². The van der Waals surface area contributed by atoms with Crippen molar-refractivity contribution in [3.05, 3.63) is 66.0 Å². The van der Waals surface area contributed by atoms with Crippen LogP contribution in [0.2, 0.25) is 0 Å². The number of aromatic nitrogens is 5. The molecule has 0 aliphatic carbocycles. The molecule has 13 nitrogen and oxygen atoms in total. The van der Waals surface area contributed by atoms with Gasteiger partial charge in [-0.25, -0.2) is 24.7 Å². The Kier molecular flexibility index (Phi) is 8.06. The SMILES string of the molecule is CCOC(=O)CCN(C(=O)Oc1ccc2[nH]c(CNc3cnc(C(=N)N)cn3)nc2c1C)c1ccccn1. The van der Waals surface area contributed by atoms with Gasteiger partial charge < -0.3 is 25.5 Å². The molecule has 1 aromatic carbocycles. The van der Waals surface area contributed by atoms with E-state index < -0.39 is 12.1 Å². The summed E-state index contributed by atoms with van der Waals surface area (Å²) in [6.45, 7) is 4.16. The van der Waals surface area contributed by atoms with Gasteiger partial charge in [-0.1, -0.05) is 6.07 Å². The van der Waals surface area contributed by atoms with Crippen LogP contribution in [0.15, 0.2) is 48.9 Å². The molecule has 0 saturated carbocycles. The number of nitrogens with two attached hydrogens (primary N) is 1. The predicted octanol–water partition coefficient (Wildman–Crippen LogP) is 2.91. The highest BCUT2D eigenvalue weighted by Gasteiger charge is 2.22. The van der Waals surface area contributed by atoms with Gasteiger partial charge in [-0.15, -0.1) is 0 Å². The van der Waals surface area contributed by atoms with Crippen LogP contribution >= 0.6 is 0 Å². The number of rotatable bonds is 10. The molecule has 196 valence electrons. The molecule has 0 atom stereocenters. The number of fused-ring (bicyclic) bond motifs is 1. The number of nitrogen functional groups attached to an aromatic ring is 1. The molecule has 0 saturated heterocycles. The number of H-pyrrole nitrogens is 1. The van der Waals surface area contributed by atoms with Crippen molar-refractivity contribution in [3.8, 4) is 5.75 Å². The van der Waals surface area contributed by atoms with Crippen LogP contribution in [0.5, 0.6) is 5.75 Å². The first-order chi connectivity index (χ1) is 18.4. The lowest BCUT2D eigenvalue weighted by atomic mass is 10.2. The highest BCUT2D eigenvalue weighted by atomic mass is 16.6. The molecule has 0 bridgehead atoms. The van der Waals surface area contributed by atoms with Crippen LogP contribution < -0.4 is 20.7 Å². The number of ether oxygens (including phenoxy) is 2. The zero-order valence-corrected chi connectivity index (χ0v) is 20.9. The molecule has 0 radical (unpaired) electrons. The summed E-state index contributed by atoms with van der Waals surface area (Å²) in [4.78, 5) is 46.6. The number of pyridine rings is 1. The molecule has 0 aliphatic rings. The van der Waals surface area contributed by atoms with E-state index in [9.17, 15) is 9.59 Å². The number of hydrogen-bond donors (Lipinski definition) is 4. The molecule has 0 fully saturated rings. The maximum absolute atomic E-state index is 13.1. The van der Waals surface area contributed by atoms with Crippen molar-refractivity contribution in [2.24, 2.45) is 5.73 Å². The van der Waals surface area contributed by atoms with Crippen molar-refractivity contribution >= 4 is 40.6 Å². The molecule has 3 heterocycles. The zero-order valence-electron chi connectivity index (χ0n) is 20.9. The summed E-state index contributed by atoms with van der Waals surface area (Å²) in [6.07, 6.45) is 3.77. The summed E-state index contributed by atoms with van der Waals surface area (Å²) in [6, 6.07) is 8.58. The molecule has 38 heavy (non-hydrogen) atoms. The normalized spacial score (nSPS) is 10.7. The Balaban J connectivity index is 1.48. The molecule has 5 N–H and O–H groups in total. The predicted molar refractivity (Wildman–Crippen MR) is 140 cm³/mol. The quantitative estimate of drug-likeness (QED) is 0.138. The zero-order chi connectivity index (χ0) is 27.1. The number of aryl methyl sites for hydroxylation is 1. The number of carbonyl (C=O) groups excluding carboxylic acids is 2. The van der Waals surface area contributed by atoms with Gasteiger partial charge in [-0.05, 0) is 38.1 Å². The summed E-state index contributed by atoms with van der Waals surface area (Å²) < 4.78 is 10.7. The fourth-order valence-corrected chi connectivity index (χ4v) is 3.57. The molecule has 0 unspecified atom stereocenters. The summed E-state index contributed by atoms with van der Waals surface area (Å²) in [5.41, 5.74) is 7.76. The highest BCUT2D eigenvalue weighted by Crippen LogP contribution is 2.27. The Bertz CT molecular complexity index is 1440. The Morgan fingerprint density at radius 1 is 1.16 bits per heavy atom. The van der Waals surface area contributed by atoms with Crippen LogP contribution in [-0.4, -0.2) is 56.0 Å². The Hall–Kier alpha value is -5.07. The maximum Gasteiger partial charge on any atom is 0.420 e. The van der Waals surface area contributed by atoms with Gasteiger partial charge in [0.2, 0.25) is 0 Å². The van der Waals surface area contributed by atoms with Gasteiger partial charge in [0.1, 0.15) is 34.7 Å². The lowest BCUT2D eigenvalue weighted by Crippen LogP contribution is -2.36. The molecular formula is C25H27N9O4. The second-order valence-corrected chi connectivity index (χ2v) is 8.09. The smallest absolute Gasteiger partial charge is 0.420 e. The maximum atomic E-state index is 13.1. The first-order valence-corrected chi connectivity index (χ1v) is 11.8. The Morgan fingerprint density at radius 3 is 2.68 bits per heavy atom. The fraction of sp³-hybridized carbons (Fsp3) is 0.240. The largest absolute Gasteiger partial charge is 0.466 e. The monoisotopic (exact) mass is 517 g/mol. The van der Waals surface area contributed by atoms with E-state index in [0.717, 1.165) is 5.52 Å². The number of benzene rings is 1. The number of amides is 1. The molecule has 0 spiro atoms. The number of nitrogens with zero attached hydrogens (tertiary/aromatic N) is 5. The molecule has 4 rings (SSSR count). The first-order valence-electron chi connectivity index (χ1n) is 11.8. The number of nitrogens with one attached hydrogen (secondary N) is 3. The summed E-state index contributed by atoms with van der Waals surface area (Å²) in [5, 5.41) is 10.5. The van der Waals surface area contributed by atoms with Gasteiger partial charge in [0.05, 0.1) is 43.0 Å². The number of carbonyl (C=O) groups is 2. The number of anilines is 2. The van der Waals surface area contributed by atoms with Gasteiger partial charge in [-0.2, -0.15) is 0 Å². The van der Waals surface area contributed by atoms with E-state index in [1.54, 1.807) is 50.4 Å². The van der Waals surface area contributed by atoms with Gasteiger partial charge in [0, 0.05) is 18.3 Å². The fourth-order valence-electron chi connectivity index (χ4n) is 3.57. The number of aromatic amines is 1. The van der Waals surface area contributed by atoms with Crippen LogP contribution in [0.1, 0.15) is 30.4 Å². The van der Waals surface area contributed by atoms with Crippen LogP contribution in [-0.2, 0) is 16.1 Å². The van der Waals surface area contributed by atoms with Gasteiger partial charge in [0.25, 0.3) is 0 Å². The lowest BCUT2D eigenvalue weighted by Gasteiger charge is -2.21. The highest BCUT2D eigenvalue weighted by molar-refractivity contribution is 5.92. The third-order valence-electron chi connectivity index (χ3n) is 5.46. The number of imidazole rings is 1. The van der Waals surface area contributed by atoms with E-state index in [2.05, 4.69) is 30.2 Å². The van der Waals surface area contributed by atoms with Crippen molar-refractivity contribution < 1.29 is 19.1 Å². The Labute approximate surface area is 217 Å². The third kappa shape index (κ3) is 6.19. The van der Waals surface area contributed by atoms with Crippen LogP contribution in [0, 0.1) is 12.3 Å². The molecular weight excluding hydrogens is 490 g/mol. The number of amidine groups is 1. The molecule has 3 aromatic heterocycles. The minimum absolute atomic E-state index is 0.00485. The molecule has 13 heteroatoms. The van der Waals surface area contributed by atoms with Crippen molar-refractivity contribution in [2.75, 3.05) is 23.4 Å². The van der Waals surface area contributed by atoms with Crippen LogP contribution in [0.25, 0.3) is 11.0 Å². The van der Waals surface area contributed by atoms with E-state index in [-0.39, 0.29) is 25.4 Å². The summed E-state index contributed by atoms with van der Waals surface area (Å²) in [7, 11) is 0. The number of esters is 1. The van der Waals surface area contributed by atoms with Crippen molar-refractivity contribution in [1.82, 2.24) is 24.9 Å². The lowest BCUT2D eigenvalue weighted by molar-refractivity contribution is -0.142. The molecule has 1 amide bonds. The van der Waals surface area contributed by atoms with Crippen LogP contribution in [0.4, 0.5) is 16.4 Å². The first kappa shape index (κ1) is 26.0. The molecule has 0 aliphatic heterocycles. The van der Waals surface area contributed by atoms with Crippen molar-refractivity contribution in [2.45, 2.75) is 26.8 Å². The summed E-state index contributed by atoms with van der Waals surface area (Å²) >= 11 is 0. The second kappa shape index (κ2) is 11.8. The minimum Gasteiger partial charge on any atom is -0.466 e. The second-order valence-electron chi connectivity index (χ2n) is 8.09. The van der Waals surface area contributed by atoms with Crippen LogP contribution in [0.3, 0.4) is 0 Å². The average Bonchev–Trinajstić information content (AvgIpc) is 3.34. The van der Waals surface area contributed by atoms with Gasteiger partial charge >= 0.3 is 12.1 Å². The average molecular weight is 518 g/mol. The van der Waals surface area contributed by atoms with E-state index >= 15 is 0 Å². The minimum atomic E-state index is -0.680. The summed E-state index contributed by atoms with van der Waals surface area (Å²) in [5.74, 6) is 1.24. The molecule has 4 aromatic rings. The van der Waals surface area contributed by atoms with Crippen molar-refractivity contribution in [3.63, 3.8) is 0 Å². The van der Waals surface area contributed by atoms with Gasteiger partial charge in [0.15, 0.2) is 0 Å². The number of hydrogen-bond acceptors (Lipinski definition) is 10. The third-order valence-corrected chi connectivity index (χ3v) is 5.46.